The minimum absolute atomic E-state index is 0.0383. The van der Waals surface area contributed by atoms with Gasteiger partial charge in [0.1, 0.15) is 5.82 Å². The Hall–Kier alpha value is -2.31. The summed E-state index contributed by atoms with van der Waals surface area (Å²) >= 11 is 0. The number of alkyl halides is 2. The first-order valence-electron chi connectivity index (χ1n) is 8.53. The van der Waals surface area contributed by atoms with Gasteiger partial charge in [0.2, 0.25) is 17.7 Å². The molecule has 1 aliphatic carbocycles. The Labute approximate surface area is 144 Å². The highest BCUT2D eigenvalue weighted by molar-refractivity contribution is 5.94. The number of rotatable bonds is 2. The minimum atomic E-state index is -2.56. The van der Waals surface area contributed by atoms with E-state index < -0.39 is 5.92 Å². The molecule has 0 bridgehead atoms. The number of carbonyl (C=O) groups excluding carboxylic acids is 2. The predicted octanol–water partition coefficient (Wildman–Crippen LogP) is 2.48. The maximum Gasteiger partial charge on any atom is 0.248 e. The first kappa shape index (κ1) is 16.2. The van der Waals surface area contributed by atoms with Gasteiger partial charge in [-0.25, -0.2) is 13.8 Å². The number of hydrogen-bond acceptors (Lipinski definition) is 3. The molecule has 5 nitrogen and oxygen atoms in total. The first-order chi connectivity index (χ1) is 11.9. The Balaban J connectivity index is 1.40. The second kappa shape index (κ2) is 5.89. The number of carbonyl (C=O) groups is 2. The topological polar surface area (TPSA) is 62.3 Å². The normalized spacial score (nSPS) is 27.3. The van der Waals surface area contributed by atoms with Crippen molar-refractivity contribution in [2.75, 3.05) is 18.4 Å². The van der Waals surface area contributed by atoms with Gasteiger partial charge in [-0.1, -0.05) is 0 Å². The van der Waals surface area contributed by atoms with Gasteiger partial charge in [-0.2, -0.15) is 0 Å². The van der Waals surface area contributed by atoms with Crippen molar-refractivity contribution in [2.24, 2.45) is 11.8 Å². The molecule has 2 fully saturated rings. The Morgan fingerprint density at radius 1 is 1.28 bits per heavy atom. The molecule has 3 heterocycles. The highest BCUT2D eigenvalue weighted by atomic mass is 19.3. The monoisotopic (exact) mass is 347 g/mol. The van der Waals surface area contributed by atoms with E-state index in [2.05, 4.69) is 10.3 Å². The van der Waals surface area contributed by atoms with Crippen LogP contribution in [-0.2, 0) is 16.0 Å². The van der Waals surface area contributed by atoms with E-state index in [9.17, 15) is 18.4 Å². The fourth-order valence-corrected chi connectivity index (χ4v) is 4.07. The summed E-state index contributed by atoms with van der Waals surface area (Å²) in [5, 5.41) is 2.72. The number of nitrogens with zero attached hydrogens (tertiary/aromatic N) is 2. The number of nitrogens with one attached hydrogen (secondary N) is 1. The van der Waals surface area contributed by atoms with Crippen molar-refractivity contribution in [1.82, 2.24) is 9.88 Å². The van der Waals surface area contributed by atoms with Crippen LogP contribution in [0.5, 0.6) is 0 Å². The molecule has 4 rings (SSSR count). The van der Waals surface area contributed by atoms with Gasteiger partial charge < -0.3 is 10.2 Å². The molecule has 3 aliphatic rings. The molecule has 1 saturated heterocycles. The number of fused-ring (bicyclic) bond motifs is 2. The lowest BCUT2D eigenvalue weighted by atomic mass is 10.0. The van der Waals surface area contributed by atoms with Gasteiger partial charge in [-0.05, 0) is 41.5 Å². The maximum atomic E-state index is 13.4. The van der Waals surface area contributed by atoms with Crippen LogP contribution in [0.1, 0.15) is 30.4 Å². The molecule has 25 heavy (non-hydrogen) atoms. The van der Waals surface area contributed by atoms with Crippen molar-refractivity contribution in [3.8, 4) is 0 Å². The van der Waals surface area contributed by atoms with Crippen molar-refractivity contribution in [2.45, 2.75) is 31.6 Å². The van der Waals surface area contributed by atoms with E-state index in [1.807, 2.05) is 6.07 Å². The van der Waals surface area contributed by atoms with Crippen molar-refractivity contribution in [3.05, 3.63) is 29.5 Å². The molecule has 2 aliphatic heterocycles. The van der Waals surface area contributed by atoms with Gasteiger partial charge in [-0.3, -0.25) is 9.59 Å². The Morgan fingerprint density at radius 2 is 2.00 bits per heavy atom. The highest BCUT2D eigenvalue weighted by Gasteiger charge is 2.50. The molecule has 0 spiro atoms. The summed E-state index contributed by atoms with van der Waals surface area (Å²) in [6.07, 6.45) is 5.62. The third kappa shape index (κ3) is 3.27. The van der Waals surface area contributed by atoms with Crippen molar-refractivity contribution in [3.63, 3.8) is 0 Å². The SMILES string of the molecule is O=C1CCc2cc(/C=C/C(=O)N3CC4CC(F)(F)CC4C3)cnc2N1. The number of hydrogen-bond donors (Lipinski definition) is 1. The predicted molar refractivity (Wildman–Crippen MR) is 88.0 cm³/mol. The number of anilines is 1. The molecule has 2 unspecified atom stereocenters. The number of pyridine rings is 1. The van der Waals surface area contributed by atoms with Crippen LogP contribution in [0, 0.1) is 11.8 Å². The summed E-state index contributed by atoms with van der Waals surface area (Å²) in [7, 11) is 0. The van der Waals surface area contributed by atoms with E-state index in [4.69, 9.17) is 0 Å². The number of amides is 2. The first-order valence-corrected chi connectivity index (χ1v) is 8.53. The van der Waals surface area contributed by atoms with E-state index in [1.54, 1.807) is 17.2 Å². The lowest BCUT2D eigenvalue weighted by Gasteiger charge is -2.17. The molecular weight excluding hydrogens is 328 g/mol. The Bertz CT molecular complexity index is 747. The smallest absolute Gasteiger partial charge is 0.248 e. The molecule has 2 atom stereocenters. The molecule has 1 N–H and O–H groups in total. The summed E-state index contributed by atoms with van der Waals surface area (Å²) < 4.78 is 26.8. The van der Waals surface area contributed by atoms with Crippen molar-refractivity contribution in [1.29, 1.82) is 0 Å². The molecule has 0 aromatic carbocycles. The standard InChI is InChI=1S/C18H19F2N3O2/c19-18(20)6-13-9-23(10-14(13)7-18)16(25)4-1-11-5-12-2-3-15(24)22-17(12)21-8-11/h1,4-5,8,13-14H,2-3,6-7,9-10H2,(H,21,22,24)/b4-1+. The third-order valence-electron chi connectivity index (χ3n) is 5.30. The number of halogens is 2. The average molecular weight is 347 g/mol. The largest absolute Gasteiger partial charge is 0.339 e. The van der Waals surface area contributed by atoms with E-state index in [1.165, 1.54) is 6.08 Å². The minimum Gasteiger partial charge on any atom is -0.339 e. The van der Waals surface area contributed by atoms with Crippen LogP contribution in [0.3, 0.4) is 0 Å². The molecule has 0 radical (unpaired) electrons. The van der Waals surface area contributed by atoms with E-state index in [0.717, 1.165) is 11.1 Å². The Morgan fingerprint density at radius 3 is 2.72 bits per heavy atom. The summed E-state index contributed by atoms with van der Waals surface area (Å²) in [6.45, 7) is 0.829. The quantitative estimate of drug-likeness (QED) is 0.836. The fraction of sp³-hybridized carbons (Fsp3) is 0.500. The maximum absolute atomic E-state index is 13.4. The van der Waals surface area contributed by atoms with Crippen LogP contribution < -0.4 is 5.32 Å². The molecule has 1 aromatic rings. The van der Waals surface area contributed by atoms with Gasteiger partial charge in [0.05, 0.1) is 0 Å². The number of aromatic nitrogens is 1. The third-order valence-corrected chi connectivity index (χ3v) is 5.30. The van der Waals surface area contributed by atoms with Gasteiger partial charge in [-0.15, -0.1) is 0 Å². The van der Waals surface area contributed by atoms with Crippen LogP contribution >= 0.6 is 0 Å². The molecule has 2 amide bonds. The highest BCUT2D eigenvalue weighted by Crippen LogP contribution is 2.46. The lowest BCUT2D eigenvalue weighted by Crippen LogP contribution is -2.29. The number of aryl methyl sites for hydroxylation is 1. The molecule has 1 saturated carbocycles. The van der Waals surface area contributed by atoms with Gasteiger partial charge in [0.15, 0.2) is 0 Å². The molecule has 1 aromatic heterocycles. The zero-order valence-electron chi connectivity index (χ0n) is 13.7. The average Bonchev–Trinajstić information content (AvgIpc) is 3.06. The van der Waals surface area contributed by atoms with Crippen LogP contribution in [0.2, 0.25) is 0 Å². The van der Waals surface area contributed by atoms with Crippen LogP contribution in [-0.4, -0.2) is 40.7 Å². The summed E-state index contributed by atoms with van der Waals surface area (Å²) in [5.41, 5.74) is 1.74. The molecule has 7 heteroatoms. The second-order valence-corrected chi connectivity index (χ2v) is 7.19. The summed E-state index contributed by atoms with van der Waals surface area (Å²) in [6, 6.07) is 1.91. The number of likely N-dealkylation sites (tertiary alicyclic amines) is 1. The molecular formula is C18H19F2N3O2. The van der Waals surface area contributed by atoms with E-state index >= 15 is 0 Å². The van der Waals surface area contributed by atoms with Crippen LogP contribution in [0.4, 0.5) is 14.6 Å². The van der Waals surface area contributed by atoms with Crippen LogP contribution in [0.15, 0.2) is 18.3 Å². The van der Waals surface area contributed by atoms with Gasteiger partial charge in [0.25, 0.3) is 0 Å². The van der Waals surface area contributed by atoms with Gasteiger partial charge in [0, 0.05) is 44.6 Å². The lowest BCUT2D eigenvalue weighted by molar-refractivity contribution is -0.125. The fourth-order valence-electron chi connectivity index (χ4n) is 4.07. The van der Waals surface area contributed by atoms with Crippen molar-refractivity contribution >= 4 is 23.7 Å². The van der Waals surface area contributed by atoms with E-state index in [-0.39, 0.29) is 36.5 Å². The Kier molecular flexibility index (Phi) is 3.81. The summed E-state index contributed by atoms with van der Waals surface area (Å²) in [4.78, 5) is 29.5. The van der Waals surface area contributed by atoms with Crippen LogP contribution in [0.25, 0.3) is 6.08 Å². The summed E-state index contributed by atoms with van der Waals surface area (Å²) in [5.74, 6) is -2.34. The molecule has 132 valence electrons. The van der Waals surface area contributed by atoms with E-state index in [0.29, 0.717) is 31.7 Å². The van der Waals surface area contributed by atoms with Crippen molar-refractivity contribution < 1.29 is 18.4 Å². The van der Waals surface area contributed by atoms with Gasteiger partial charge >= 0.3 is 0 Å². The second-order valence-electron chi connectivity index (χ2n) is 7.19. The zero-order chi connectivity index (χ0) is 17.6. The zero-order valence-corrected chi connectivity index (χ0v) is 13.7.